The van der Waals surface area contributed by atoms with Crippen molar-refractivity contribution in [2.24, 2.45) is 5.92 Å². The Kier molecular flexibility index (Phi) is 7.24. The van der Waals surface area contributed by atoms with E-state index in [2.05, 4.69) is 20.8 Å². The first-order valence-corrected chi connectivity index (χ1v) is 15.6. The Labute approximate surface area is 213 Å². The van der Waals surface area contributed by atoms with Gasteiger partial charge in [-0.1, -0.05) is 52.8 Å². The van der Waals surface area contributed by atoms with E-state index in [9.17, 15) is 14.7 Å². The molecular weight excluding hydrogens is 486 g/mol. The maximum Gasteiger partial charge on any atom is 0.339 e. The molecule has 1 N–H and O–H groups in total. The van der Waals surface area contributed by atoms with Crippen LogP contribution in [-0.2, 0) is 23.1 Å². The van der Waals surface area contributed by atoms with Gasteiger partial charge in [0.25, 0.3) is 0 Å². The average molecular weight is 526 g/mol. The molecule has 35 heavy (non-hydrogen) atoms. The molecule has 0 unspecified atom stereocenters. The van der Waals surface area contributed by atoms with Gasteiger partial charge in [0.05, 0.1) is 18.1 Å². The fourth-order valence-electron chi connectivity index (χ4n) is 4.55. The maximum atomic E-state index is 14.2. The van der Waals surface area contributed by atoms with E-state index in [0.29, 0.717) is 5.75 Å². The van der Waals surface area contributed by atoms with E-state index in [1.54, 1.807) is 45.0 Å². The number of benzene rings is 1. The normalized spacial score (nSPS) is 29.4. The second-order valence-corrected chi connectivity index (χ2v) is 17.8. The number of hydrogen-bond acceptors (Lipinski definition) is 8. The monoisotopic (exact) mass is 525 g/mol. The number of hydrogen-bond donors (Lipinski definition) is 1. The Morgan fingerprint density at radius 2 is 1.69 bits per heavy atom. The molecule has 2 aliphatic rings. The van der Waals surface area contributed by atoms with Gasteiger partial charge in [0, 0.05) is 0 Å². The predicted molar refractivity (Wildman–Crippen MR) is 137 cm³/mol. The number of para-hydroxylation sites is 1. The maximum absolute atomic E-state index is 14.2. The van der Waals surface area contributed by atoms with Gasteiger partial charge < -0.3 is 19.2 Å². The van der Waals surface area contributed by atoms with Crippen molar-refractivity contribution in [1.29, 1.82) is 0 Å². The second kappa shape index (κ2) is 9.06. The minimum Gasteiger partial charge on any atom is -0.437 e. The van der Waals surface area contributed by atoms with Crippen LogP contribution in [0.1, 0.15) is 55.4 Å². The topological polar surface area (TPSA) is 94.5 Å². The summed E-state index contributed by atoms with van der Waals surface area (Å²) in [4.78, 5) is 34.7. The fourth-order valence-corrected chi connectivity index (χ4v) is 6.73. The third-order valence-corrected chi connectivity index (χ3v) is 12.8. The van der Waals surface area contributed by atoms with E-state index in [1.165, 1.54) is 4.90 Å². The summed E-state index contributed by atoms with van der Waals surface area (Å²) in [6, 6.07) is 8.91. The highest BCUT2D eigenvalue weighted by Gasteiger charge is 2.80. The minimum absolute atomic E-state index is 0.224. The van der Waals surface area contributed by atoms with Crippen LogP contribution in [0.15, 0.2) is 30.3 Å². The first-order chi connectivity index (χ1) is 15.9. The van der Waals surface area contributed by atoms with Gasteiger partial charge in [0.2, 0.25) is 5.91 Å². The number of nitrogens with zero attached hydrogens (tertiary/aromatic N) is 1. The van der Waals surface area contributed by atoms with Crippen molar-refractivity contribution < 1.29 is 33.1 Å². The second-order valence-electron chi connectivity index (χ2n) is 11.9. The van der Waals surface area contributed by atoms with Crippen molar-refractivity contribution in [1.82, 2.24) is 4.90 Å². The molecule has 3 rings (SSSR count). The lowest BCUT2D eigenvalue weighted by Gasteiger charge is -2.46. The van der Waals surface area contributed by atoms with Crippen LogP contribution in [0.4, 0.5) is 0 Å². The Bertz CT molecular complexity index is 964. The number of aliphatic hydroxyl groups is 1. The van der Waals surface area contributed by atoms with E-state index in [4.69, 9.17) is 18.4 Å². The Balaban J connectivity index is 2.14. The number of aliphatic hydroxyl groups excluding tert-OH is 1. The number of ether oxygens (including phenoxy) is 1. The molecule has 8 nitrogen and oxygen atoms in total. The molecule has 2 heterocycles. The molecule has 2 aliphatic heterocycles. The summed E-state index contributed by atoms with van der Waals surface area (Å²) in [5, 5.41) is 11.3. The third-order valence-electron chi connectivity index (χ3n) is 7.49. The van der Waals surface area contributed by atoms with Gasteiger partial charge in [-0.25, -0.2) is 4.79 Å². The predicted octanol–water partition coefficient (Wildman–Crippen LogP) is 4.69. The number of carbonyl (C=O) groups is 2. The van der Waals surface area contributed by atoms with Crippen LogP contribution in [0, 0.1) is 5.92 Å². The van der Waals surface area contributed by atoms with Gasteiger partial charge in [0.15, 0.2) is 25.3 Å². The molecule has 0 saturated carbocycles. The summed E-state index contributed by atoms with van der Waals surface area (Å²) < 4.78 is 16.7. The van der Waals surface area contributed by atoms with Crippen molar-refractivity contribution in [2.45, 2.75) is 102 Å². The highest BCUT2D eigenvalue weighted by molar-refractivity contribution is 7.96. The Morgan fingerprint density at radius 3 is 2.20 bits per heavy atom. The summed E-state index contributed by atoms with van der Waals surface area (Å²) in [5.41, 5.74) is -3.01. The van der Waals surface area contributed by atoms with Crippen molar-refractivity contribution in [3.8, 4) is 5.75 Å². The standard InChI is InChI=1S/C25H39NO7SSi/c1-16(2)18(27)25-19(32-35(9,10)22(3,4)5)24(8,34-33-31-17-14-12-11-13-15-17)20(28)26(25)23(6,7)30-21(25)29/h11-16,18-19,27H,1-10H3/t18-,19-,24+,25+/m1/s1. The first-order valence-electron chi connectivity index (χ1n) is 11.9. The minimum atomic E-state index is -2.56. The highest BCUT2D eigenvalue weighted by atomic mass is 32.2. The van der Waals surface area contributed by atoms with E-state index < -0.39 is 48.4 Å². The first kappa shape index (κ1) is 28.0. The summed E-state index contributed by atoms with van der Waals surface area (Å²) in [6.45, 7) is 18.9. The highest BCUT2D eigenvalue weighted by Crippen LogP contribution is 2.58. The summed E-state index contributed by atoms with van der Waals surface area (Å²) in [5.74, 6) is -0.980. The molecule has 0 radical (unpaired) electrons. The van der Waals surface area contributed by atoms with Crippen LogP contribution in [0.25, 0.3) is 0 Å². The molecular formula is C25H39NO7SSi. The van der Waals surface area contributed by atoms with E-state index in [0.717, 1.165) is 12.0 Å². The molecule has 1 amide bonds. The summed E-state index contributed by atoms with van der Waals surface area (Å²) in [6.07, 6.45) is -2.28. The number of amides is 1. The quantitative estimate of drug-likeness (QED) is 0.172. The zero-order valence-electron chi connectivity index (χ0n) is 22.4. The summed E-state index contributed by atoms with van der Waals surface area (Å²) >= 11 is 0.801. The molecule has 196 valence electrons. The van der Waals surface area contributed by atoms with Crippen molar-refractivity contribution in [3.63, 3.8) is 0 Å². The lowest BCUT2D eigenvalue weighted by Crippen LogP contribution is -2.67. The molecule has 0 aliphatic carbocycles. The van der Waals surface area contributed by atoms with Gasteiger partial charge in [-0.05, 0) is 57.0 Å². The lowest BCUT2D eigenvalue weighted by molar-refractivity contribution is -0.157. The molecule has 2 saturated heterocycles. The fraction of sp³-hybridized carbons (Fsp3) is 0.680. The van der Waals surface area contributed by atoms with Crippen LogP contribution in [0.3, 0.4) is 0 Å². The summed E-state index contributed by atoms with van der Waals surface area (Å²) in [7, 11) is -2.56. The van der Waals surface area contributed by atoms with Crippen LogP contribution in [0.5, 0.6) is 5.75 Å². The lowest BCUT2D eigenvalue weighted by atomic mass is 9.79. The SMILES string of the molecule is CC(C)[C@@H](O)[C@]12C(=O)OC(C)(C)N1C(=O)[C@@](C)(SOOc1ccccc1)[C@H]2O[Si](C)(C)C(C)(C)C. The van der Waals surface area contributed by atoms with Gasteiger partial charge in [-0.3, -0.25) is 9.69 Å². The number of cyclic esters (lactones) is 1. The van der Waals surface area contributed by atoms with Gasteiger partial charge in [0.1, 0.15) is 10.9 Å². The number of rotatable bonds is 8. The van der Waals surface area contributed by atoms with Gasteiger partial charge >= 0.3 is 5.97 Å². The largest absolute Gasteiger partial charge is 0.437 e. The molecule has 4 atom stereocenters. The molecule has 10 heteroatoms. The molecule has 2 fully saturated rings. The molecule has 1 aromatic rings. The Hall–Kier alpha value is -1.59. The van der Waals surface area contributed by atoms with E-state index in [-0.39, 0.29) is 11.0 Å². The number of fused-ring (bicyclic) bond motifs is 1. The van der Waals surface area contributed by atoms with E-state index in [1.807, 2.05) is 33.0 Å². The zero-order valence-corrected chi connectivity index (χ0v) is 24.2. The molecule has 0 spiro atoms. The number of esters is 1. The zero-order chi connectivity index (χ0) is 26.6. The Morgan fingerprint density at radius 1 is 1.11 bits per heavy atom. The van der Waals surface area contributed by atoms with Crippen LogP contribution in [-0.4, -0.2) is 58.4 Å². The van der Waals surface area contributed by atoms with Gasteiger partial charge in [-0.2, -0.15) is 0 Å². The molecule has 0 bridgehead atoms. The van der Waals surface area contributed by atoms with Crippen molar-refractivity contribution in [3.05, 3.63) is 30.3 Å². The third kappa shape index (κ3) is 4.41. The average Bonchev–Trinajstić information content (AvgIpc) is 3.06. The van der Waals surface area contributed by atoms with Crippen molar-refractivity contribution in [2.75, 3.05) is 0 Å². The van der Waals surface area contributed by atoms with Crippen LogP contribution < -0.4 is 4.89 Å². The molecule has 1 aromatic carbocycles. The van der Waals surface area contributed by atoms with E-state index >= 15 is 0 Å². The van der Waals surface area contributed by atoms with Crippen LogP contribution in [0.2, 0.25) is 18.1 Å². The van der Waals surface area contributed by atoms with Crippen LogP contribution >= 0.6 is 12.0 Å². The van der Waals surface area contributed by atoms with Gasteiger partial charge in [-0.15, -0.1) is 4.33 Å². The molecule has 0 aromatic heterocycles. The van der Waals surface area contributed by atoms with Crippen molar-refractivity contribution >= 4 is 32.2 Å². The smallest absolute Gasteiger partial charge is 0.339 e. The number of carbonyl (C=O) groups excluding carboxylic acids is 2.